The van der Waals surface area contributed by atoms with Crippen LogP contribution in [0.5, 0.6) is 0 Å². The SMILES string of the molecule is NNC(Cc1nc2ccccc2s1)c1cc2sccc2s1. The average molecular weight is 331 g/mol. The Morgan fingerprint density at radius 3 is 2.81 bits per heavy atom. The number of fused-ring (bicyclic) bond motifs is 2. The van der Waals surface area contributed by atoms with Crippen LogP contribution in [0.3, 0.4) is 0 Å². The van der Waals surface area contributed by atoms with Crippen molar-refractivity contribution in [2.45, 2.75) is 12.5 Å². The Labute approximate surface area is 134 Å². The fraction of sp³-hybridized carbons (Fsp3) is 0.133. The molecule has 0 saturated heterocycles. The monoisotopic (exact) mass is 331 g/mol. The summed E-state index contributed by atoms with van der Waals surface area (Å²) in [5.74, 6) is 5.77. The maximum Gasteiger partial charge on any atom is 0.0958 e. The molecule has 3 N–H and O–H groups in total. The molecule has 0 aliphatic heterocycles. The molecular formula is C15H13N3S3. The summed E-state index contributed by atoms with van der Waals surface area (Å²) in [6.45, 7) is 0. The van der Waals surface area contributed by atoms with Gasteiger partial charge in [0.25, 0.3) is 0 Å². The quantitative estimate of drug-likeness (QED) is 0.432. The lowest BCUT2D eigenvalue weighted by Crippen LogP contribution is -2.28. The Bertz CT molecular complexity index is 828. The van der Waals surface area contributed by atoms with Crippen molar-refractivity contribution in [2.75, 3.05) is 0 Å². The zero-order chi connectivity index (χ0) is 14.2. The third-order valence-electron chi connectivity index (χ3n) is 3.42. The summed E-state index contributed by atoms with van der Waals surface area (Å²) >= 11 is 5.33. The highest BCUT2D eigenvalue weighted by Gasteiger charge is 2.16. The third-order valence-corrected chi connectivity index (χ3v) is 6.69. The molecule has 0 spiro atoms. The van der Waals surface area contributed by atoms with Gasteiger partial charge in [-0.25, -0.2) is 4.98 Å². The van der Waals surface area contributed by atoms with Gasteiger partial charge in [-0.1, -0.05) is 12.1 Å². The lowest BCUT2D eigenvalue weighted by Gasteiger charge is -2.11. The van der Waals surface area contributed by atoms with Crippen molar-refractivity contribution < 1.29 is 0 Å². The molecule has 0 aliphatic carbocycles. The Balaban J connectivity index is 1.65. The van der Waals surface area contributed by atoms with Crippen LogP contribution >= 0.6 is 34.0 Å². The minimum atomic E-state index is 0.121. The van der Waals surface area contributed by atoms with Crippen molar-refractivity contribution >= 4 is 53.6 Å². The Morgan fingerprint density at radius 1 is 1.10 bits per heavy atom. The predicted octanol–water partition coefficient (Wildman–Crippen LogP) is 4.32. The van der Waals surface area contributed by atoms with Crippen molar-refractivity contribution in [3.63, 3.8) is 0 Å². The van der Waals surface area contributed by atoms with E-state index >= 15 is 0 Å². The van der Waals surface area contributed by atoms with E-state index < -0.39 is 0 Å². The zero-order valence-corrected chi connectivity index (χ0v) is 13.5. The molecule has 1 unspecified atom stereocenters. The second-order valence-corrected chi connectivity index (χ2v) is 7.97. The topological polar surface area (TPSA) is 50.9 Å². The summed E-state index contributed by atoms with van der Waals surface area (Å²) in [7, 11) is 0. The molecule has 0 radical (unpaired) electrons. The van der Waals surface area contributed by atoms with E-state index in [0.717, 1.165) is 16.9 Å². The number of benzene rings is 1. The van der Waals surface area contributed by atoms with E-state index in [9.17, 15) is 0 Å². The van der Waals surface area contributed by atoms with Gasteiger partial charge < -0.3 is 0 Å². The standard InChI is InChI=1S/C15H13N3S3/c16-18-10(13-8-14-12(20-13)5-6-19-14)7-15-17-9-3-1-2-4-11(9)21-15/h1-6,8,10,18H,7,16H2. The maximum atomic E-state index is 5.77. The van der Waals surface area contributed by atoms with Gasteiger partial charge in [0, 0.05) is 20.7 Å². The first-order valence-corrected chi connectivity index (χ1v) is 9.12. The normalized spacial score (nSPS) is 13.2. The number of rotatable bonds is 4. The summed E-state index contributed by atoms with van der Waals surface area (Å²) < 4.78 is 3.90. The lowest BCUT2D eigenvalue weighted by atomic mass is 10.2. The highest BCUT2D eigenvalue weighted by atomic mass is 32.1. The van der Waals surface area contributed by atoms with Crippen molar-refractivity contribution in [1.82, 2.24) is 10.4 Å². The molecule has 21 heavy (non-hydrogen) atoms. The van der Waals surface area contributed by atoms with Crippen LogP contribution in [-0.4, -0.2) is 4.98 Å². The predicted molar refractivity (Wildman–Crippen MR) is 93.1 cm³/mol. The molecule has 106 valence electrons. The number of nitrogens with one attached hydrogen (secondary N) is 1. The van der Waals surface area contributed by atoms with Gasteiger partial charge in [-0.2, -0.15) is 0 Å². The molecule has 4 rings (SSSR count). The summed E-state index contributed by atoms with van der Waals surface area (Å²) in [4.78, 5) is 5.97. The second kappa shape index (κ2) is 5.47. The molecule has 0 aliphatic rings. The maximum absolute atomic E-state index is 5.77. The van der Waals surface area contributed by atoms with Crippen LogP contribution in [0.4, 0.5) is 0 Å². The molecule has 3 nitrogen and oxygen atoms in total. The summed E-state index contributed by atoms with van der Waals surface area (Å²) in [6, 6.07) is 12.8. The summed E-state index contributed by atoms with van der Waals surface area (Å²) in [6.07, 6.45) is 0.823. The second-order valence-electron chi connectivity index (χ2n) is 4.80. The van der Waals surface area contributed by atoms with Crippen LogP contribution in [-0.2, 0) is 6.42 Å². The number of hydrazine groups is 1. The van der Waals surface area contributed by atoms with Gasteiger partial charge in [0.2, 0.25) is 0 Å². The third kappa shape index (κ3) is 2.49. The van der Waals surface area contributed by atoms with Crippen molar-refractivity contribution in [2.24, 2.45) is 5.84 Å². The van der Waals surface area contributed by atoms with Gasteiger partial charge in [0.1, 0.15) is 0 Å². The van der Waals surface area contributed by atoms with E-state index in [1.807, 2.05) is 17.4 Å². The van der Waals surface area contributed by atoms with Crippen LogP contribution in [0.25, 0.3) is 19.6 Å². The van der Waals surface area contributed by atoms with Gasteiger partial charge in [-0.15, -0.1) is 34.0 Å². The molecule has 0 fully saturated rings. The van der Waals surface area contributed by atoms with Gasteiger partial charge in [0.15, 0.2) is 0 Å². The van der Waals surface area contributed by atoms with Crippen LogP contribution in [0.2, 0.25) is 0 Å². The Morgan fingerprint density at radius 2 is 2.00 bits per heavy atom. The van der Waals surface area contributed by atoms with Gasteiger partial charge in [-0.05, 0) is 29.6 Å². The van der Waals surface area contributed by atoms with Gasteiger partial charge in [-0.3, -0.25) is 11.3 Å². The largest absolute Gasteiger partial charge is 0.271 e. The number of aromatic nitrogens is 1. The van der Waals surface area contributed by atoms with E-state index in [1.54, 1.807) is 22.7 Å². The first-order valence-electron chi connectivity index (χ1n) is 6.61. The molecule has 1 atom stereocenters. The van der Waals surface area contributed by atoms with Crippen LogP contribution in [0.15, 0.2) is 41.8 Å². The highest BCUT2D eigenvalue weighted by molar-refractivity contribution is 7.27. The fourth-order valence-electron chi connectivity index (χ4n) is 2.38. The number of nitrogens with two attached hydrogens (primary N) is 1. The van der Waals surface area contributed by atoms with Crippen molar-refractivity contribution in [3.05, 3.63) is 51.7 Å². The van der Waals surface area contributed by atoms with E-state index in [1.165, 1.54) is 19.0 Å². The van der Waals surface area contributed by atoms with E-state index in [4.69, 9.17) is 10.8 Å². The fourth-order valence-corrected chi connectivity index (χ4v) is 5.57. The lowest BCUT2D eigenvalue weighted by molar-refractivity contribution is 0.560. The van der Waals surface area contributed by atoms with E-state index in [0.29, 0.717) is 0 Å². The van der Waals surface area contributed by atoms with Gasteiger partial charge in [0.05, 0.1) is 21.3 Å². The molecule has 4 aromatic rings. The van der Waals surface area contributed by atoms with Crippen molar-refractivity contribution in [3.8, 4) is 0 Å². The summed E-state index contributed by atoms with van der Waals surface area (Å²) in [5, 5.41) is 3.25. The molecule has 3 aromatic heterocycles. The molecule has 0 bridgehead atoms. The van der Waals surface area contributed by atoms with Gasteiger partial charge >= 0.3 is 0 Å². The number of nitrogens with zero attached hydrogens (tertiary/aromatic N) is 1. The molecule has 0 amide bonds. The minimum Gasteiger partial charge on any atom is -0.271 e. The highest BCUT2D eigenvalue weighted by Crippen LogP contribution is 2.35. The number of hydrogen-bond acceptors (Lipinski definition) is 6. The first-order chi connectivity index (χ1) is 10.3. The number of thiophene rings is 2. The molecule has 3 heterocycles. The number of thiazole rings is 1. The van der Waals surface area contributed by atoms with Crippen LogP contribution in [0, 0.1) is 0 Å². The summed E-state index contributed by atoms with van der Waals surface area (Å²) in [5.41, 5.74) is 4.01. The van der Waals surface area contributed by atoms with E-state index in [2.05, 4.69) is 41.1 Å². The van der Waals surface area contributed by atoms with Crippen molar-refractivity contribution in [1.29, 1.82) is 0 Å². The average Bonchev–Trinajstić information content (AvgIpc) is 3.17. The first kappa shape index (κ1) is 13.4. The minimum absolute atomic E-state index is 0.121. The zero-order valence-electron chi connectivity index (χ0n) is 11.1. The van der Waals surface area contributed by atoms with E-state index in [-0.39, 0.29) is 6.04 Å². The molecule has 6 heteroatoms. The molecule has 1 aromatic carbocycles. The van der Waals surface area contributed by atoms with Crippen LogP contribution < -0.4 is 11.3 Å². The number of para-hydroxylation sites is 1. The Kier molecular flexibility index (Phi) is 3.48. The van der Waals surface area contributed by atoms with Crippen LogP contribution in [0.1, 0.15) is 15.9 Å². The Hall–Kier alpha value is -1.31. The molecule has 0 saturated carbocycles. The molecular weight excluding hydrogens is 318 g/mol. The number of hydrogen-bond donors (Lipinski definition) is 2. The smallest absolute Gasteiger partial charge is 0.0958 e.